The number of nitrogens with zero attached hydrogens (tertiary/aromatic N) is 1. The molecule has 0 saturated heterocycles. The molecule has 2 N–H and O–H groups in total. The average Bonchev–Trinajstić information content (AvgIpc) is 2.46. The van der Waals surface area contributed by atoms with Crippen LogP contribution in [0, 0.1) is 5.41 Å². The molecule has 0 unspecified atom stereocenters. The van der Waals surface area contributed by atoms with Gasteiger partial charge in [-0.05, 0) is 36.4 Å². The van der Waals surface area contributed by atoms with E-state index in [0.717, 1.165) is 24.9 Å². The Morgan fingerprint density at radius 1 is 1.24 bits per heavy atom. The monoisotopic (exact) mass is 313 g/mol. The van der Waals surface area contributed by atoms with Crippen LogP contribution in [0.1, 0.15) is 46.1 Å². The number of rotatable bonds is 9. The van der Waals surface area contributed by atoms with E-state index in [4.69, 9.17) is 0 Å². The second kappa shape index (κ2) is 7.87. The Bertz CT molecular complexity index is 524. The first kappa shape index (κ1) is 18.1. The van der Waals surface area contributed by atoms with Gasteiger partial charge in [-0.1, -0.05) is 33.8 Å². The van der Waals surface area contributed by atoms with Crippen LogP contribution in [0.5, 0.6) is 0 Å². The Balaban J connectivity index is 2.67. The maximum Gasteiger partial charge on any atom is 0.258 e. The Hall–Kier alpha value is -0.980. The lowest BCUT2D eigenvalue weighted by Gasteiger charge is -2.22. The van der Waals surface area contributed by atoms with E-state index in [9.17, 15) is 8.42 Å². The van der Waals surface area contributed by atoms with E-state index >= 15 is 0 Å². The van der Waals surface area contributed by atoms with Crippen molar-refractivity contribution in [1.82, 2.24) is 15.0 Å². The summed E-state index contributed by atoms with van der Waals surface area (Å²) in [5, 5.41) is 3.33. The minimum atomic E-state index is -3.53. The van der Waals surface area contributed by atoms with E-state index in [0.29, 0.717) is 13.1 Å². The number of hydrogen-bond donors (Lipinski definition) is 2. The molecular weight excluding hydrogens is 286 g/mol. The van der Waals surface area contributed by atoms with Crippen molar-refractivity contribution >= 4 is 10.0 Å². The molecule has 5 nitrogen and oxygen atoms in total. The molecule has 1 aromatic rings. The third kappa shape index (κ3) is 6.11. The fourth-order valence-electron chi connectivity index (χ4n) is 1.57. The molecule has 21 heavy (non-hydrogen) atoms. The molecule has 0 aliphatic rings. The summed E-state index contributed by atoms with van der Waals surface area (Å²) in [5.74, 6) is 0. The summed E-state index contributed by atoms with van der Waals surface area (Å²) in [7, 11) is -3.53. The second-order valence-electron chi connectivity index (χ2n) is 6.02. The molecule has 0 spiro atoms. The van der Waals surface area contributed by atoms with Gasteiger partial charge in [-0.15, -0.1) is 0 Å². The normalized spacial score (nSPS) is 12.6. The van der Waals surface area contributed by atoms with Crippen LogP contribution >= 0.6 is 0 Å². The third-order valence-electron chi connectivity index (χ3n) is 3.53. The number of nitrogens with one attached hydrogen (secondary N) is 2. The highest BCUT2D eigenvalue weighted by molar-refractivity contribution is 7.89. The van der Waals surface area contributed by atoms with Crippen LogP contribution in [-0.4, -0.2) is 26.5 Å². The standard InChI is InChI=1S/C15H27N3O2S/c1-5-9-16-10-13-7-8-14(17-11-13)21(19,20)18-12-15(3,4)6-2/h7-8,11,16,18H,5-6,9-10,12H2,1-4H3. The van der Waals surface area contributed by atoms with Crippen molar-refractivity contribution in [2.24, 2.45) is 5.41 Å². The van der Waals surface area contributed by atoms with Gasteiger partial charge in [0.15, 0.2) is 5.03 Å². The summed E-state index contributed by atoms with van der Waals surface area (Å²) in [6, 6.07) is 3.36. The Morgan fingerprint density at radius 3 is 2.48 bits per heavy atom. The van der Waals surface area contributed by atoms with Gasteiger partial charge in [0, 0.05) is 19.3 Å². The summed E-state index contributed by atoms with van der Waals surface area (Å²) in [5.41, 5.74) is 0.924. The predicted molar refractivity (Wildman–Crippen MR) is 85.5 cm³/mol. The summed E-state index contributed by atoms with van der Waals surface area (Å²) in [4.78, 5) is 4.07. The molecule has 0 fully saturated rings. The van der Waals surface area contributed by atoms with Crippen molar-refractivity contribution in [3.63, 3.8) is 0 Å². The van der Waals surface area contributed by atoms with Crippen LogP contribution in [-0.2, 0) is 16.6 Å². The smallest absolute Gasteiger partial charge is 0.258 e. The van der Waals surface area contributed by atoms with Gasteiger partial charge in [-0.3, -0.25) is 0 Å². The van der Waals surface area contributed by atoms with Crippen molar-refractivity contribution in [2.45, 2.75) is 52.1 Å². The molecular formula is C15H27N3O2S. The summed E-state index contributed by atoms with van der Waals surface area (Å²) in [6.45, 7) is 10.3. The van der Waals surface area contributed by atoms with Gasteiger partial charge in [0.1, 0.15) is 0 Å². The Morgan fingerprint density at radius 2 is 1.95 bits per heavy atom. The largest absolute Gasteiger partial charge is 0.313 e. The quantitative estimate of drug-likeness (QED) is 0.686. The molecule has 0 amide bonds. The van der Waals surface area contributed by atoms with Gasteiger partial charge < -0.3 is 5.32 Å². The molecule has 0 saturated carbocycles. The molecule has 0 atom stereocenters. The summed E-state index contributed by atoms with van der Waals surface area (Å²) < 4.78 is 27.0. The highest BCUT2D eigenvalue weighted by Gasteiger charge is 2.21. The second-order valence-corrected chi connectivity index (χ2v) is 7.74. The summed E-state index contributed by atoms with van der Waals surface area (Å²) >= 11 is 0. The highest BCUT2D eigenvalue weighted by atomic mass is 32.2. The number of hydrogen-bond acceptors (Lipinski definition) is 4. The van der Waals surface area contributed by atoms with Crippen LogP contribution in [0.3, 0.4) is 0 Å². The van der Waals surface area contributed by atoms with E-state index in [1.807, 2.05) is 20.8 Å². The van der Waals surface area contributed by atoms with Crippen LogP contribution in [0.25, 0.3) is 0 Å². The van der Waals surface area contributed by atoms with Gasteiger partial charge in [-0.25, -0.2) is 18.1 Å². The van der Waals surface area contributed by atoms with Gasteiger partial charge in [-0.2, -0.15) is 0 Å². The first-order chi connectivity index (χ1) is 9.80. The lowest BCUT2D eigenvalue weighted by molar-refractivity contribution is 0.350. The average molecular weight is 313 g/mol. The number of aromatic nitrogens is 1. The van der Waals surface area contributed by atoms with Crippen molar-refractivity contribution in [1.29, 1.82) is 0 Å². The third-order valence-corrected chi connectivity index (χ3v) is 4.84. The van der Waals surface area contributed by atoms with Gasteiger partial charge in [0.25, 0.3) is 10.0 Å². The topological polar surface area (TPSA) is 71.1 Å². The van der Waals surface area contributed by atoms with Gasteiger partial charge >= 0.3 is 0 Å². The minimum Gasteiger partial charge on any atom is -0.313 e. The predicted octanol–water partition coefficient (Wildman–Crippen LogP) is 2.30. The molecule has 0 radical (unpaired) electrons. The lowest BCUT2D eigenvalue weighted by atomic mass is 9.91. The van der Waals surface area contributed by atoms with E-state index < -0.39 is 10.0 Å². The van der Waals surface area contributed by atoms with Crippen molar-refractivity contribution in [2.75, 3.05) is 13.1 Å². The number of pyridine rings is 1. The van der Waals surface area contributed by atoms with Crippen LogP contribution in [0.4, 0.5) is 0 Å². The van der Waals surface area contributed by atoms with Crippen LogP contribution in [0.2, 0.25) is 0 Å². The molecule has 0 aromatic carbocycles. The highest BCUT2D eigenvalue weighted by Crippen LogP contribution is 2.19. The molecule has 6 heteroatoms. The maximum absolute atomic E-state index is 12.2. The van der Waals surface area contributed by atoms with E-state index in [1.54, 1.807) is 18.3 Å². The maximum atomic E-state index is 12.2. The SMILES string of the molecule is CCCNCc1ccc(S(=O)(=O)NCC(C)(C)CC)nc1. The molecule has 0 aliphatic carbocycles. The van der Waals surface area contributed by atoms with Crippen LogP contribution < -0.4 is 10.0 Å². The minimum absolute atomic E-state index is 0.0584. The summed E-state index contributed by atoms with van der Waals surface area (Å²) in [6.07, 6.45) is 3.59. The van der Waals surface area contributed by atoms with Crippen molar-refractivity contribution in [3.05, 3.63) is 23.9 Å². The zero-order valence-electron chi connectivity index (χ0n) is 13.4. The Labute approximate surface area is 128 Å². The van der Waals surface area contributed by atoms with E-state index in [2.05, 4.69) is 21.9 Å². The number of sulfonamides is 1. The molecule has 1 aromatic heterocycles. The van der Waals surface area contributed by atoms with E-state index in [1.165, 1.54) is 0 Å². The fourth-order valence-corrected chi connectivity index (χ4v) is 2.74. The van der Waals surface area contributed by atoms with E-state index in [-0.39, 0.29) is 10.4 Å². The van der Waals surface area contributed by atoms with Crippen molar-refractivity contribution < 1.29 is 8.42 Å². The molecule has 1 heterocycles. The van der Waals surface area contributed by atoms with Crippen LogP contribution in [0.15, 0.2) is 23.4 Å². The Kier molecular flexibility index (Phi) is 6.77. The first-order valence-electron chi connectivity index (χ1n) is 7.46. The zero-order valence-corrected chi connectivity index (χ0v) is 14.3. The fraction of sp³-hybridized carbons (Fsp3) is 0.667. The molecule has 0 bridgehead atoms. The van der Waals surface area contributed by atoms with Crippen molar-refractivity contribution in [3.8, 4) is 0 Å². The molecule has 120 valence electrons. The van der Waals surface area contributed by atoms with Gasteiger partial charge in [0.2, 0.25) is 0 Å². The van der Waals surface area contributed by atoms with Gasteiger partial charge in [0.05, 0.1) is 0 Å². The zero-order chi connectivity index (χ0) is 15.9. The first-order valence-corrected chi connectivity index (χ1v) is 8.94. The lowest BCUT2D eigenvalue weighted by Crippen LogP contribution is -2.34. The molecule has 0 aliphatic heterocycles. The molecule has 1 rings (SSSR count).